The predicted octanol–water partition coefficient (Wildman–Crippen LogP) is -0.538. The van der Waals surface area contributed by atoms with Crippen LogP contribution in [-0.2, 0) is 6.54 Å². The van der Waals surface area contributed by atoms with Crippen LogP contribution in [0.5, 0.6) is 0 Å². The number of halogens is 1. The van der Waals surface area contributed by atoms with Crippen LogP contribution in [0.2, 0.25) is 0 Å². The first-order valence-electron chi connectivity index (χ1n) is 5.64. The van der Waals surface area contributed by atoms with E-state index in [0.29, 0.717) is 5.56 Å². The molecule has 2 atom stereocenters. The first-order chi connectivity index (χ1) is 8.47. The van der Waals surface area contributed by atoms with E-state index in [1.807, 2.05) is 0 Å². The summed E-state index contributed by atoms with van der Waals surface area (Å²) >= 11 is 0. The largest absolute Gasteiger partial charge is 0.389 e. The Balaban J connectivity index is 2.14. The zero-order valence-electron chi connectivity index (χ0n) is 9.71. The van der Waals surface area contributed by atoms with Crippen LogP contribution in [0.4, 0.5) is 4.39 Å². The summed E-state index contributed by atoms with van der Waals surface area (Å²) in [7, 11) is 0. The molecule has 98 valence electrons. The Morgan fingerprint density at radius 1 is 1.39 bits per heavy atom. The summed E-state index contributed by atoms with van der Waals surface area (Å²) in [6.07, 6.45) is -1.63. The number of nitrogens with two attached hydrogens (primary N) is 1. The molecule has 1 fully saturated rings. The van der Waals surface area contributed by atoms with Gasteiger partial charge in [0.1, 0.15) is 5.82 Å². The molecule has 0 saturated carbocycles. The number of aliphatic hydroxyl groups excluding tert-OH is 2. The minimum Gasteiger partial charge on any atom is -0.389 e. The Bertz CT molecular complexity index is 457. The van der Waals surface area contributed by atoms with Crippen LogP contribution in [0.3, 0.4) is 0 Å². The number of rotatable bonds is 3. The summed E-state index contributed by atoms with van der Waals surface area (Å²) in [5.41, 5.74) is 5.70. The van der Waals surface area contributed by atoms with Gasteiger partial charge in [-0.1, -0.05) is 0 Å². The topological polar surface area (TPSA) is 86.8 Å². The standard InChI is InChI=1S/C12H15FN2O3/c13-9-2-1-7(12(14)18)3-8(9)4-15-5-10(16)11(17)6-15/h1-3,10-11,16-17H,4-6H2,(H2,14,18)/t10-,11+. The monoisotopic (exact) mass is 254 g/mol. The van der Waals surface area contributed by atoms with Gasteiger partial charge in [0.2, 0.25) is 5.91 Å². The summed E-state index contributed by atoms with van der Waals surface area (Å²) in [6.45, 7) is 0.782. The van der Waals surface area contributed by atoms with Crippen LogP contribution in [0, 0.1) is 5.82 Å². The van der Waals surface area contributed by atoms with Crippen molar-refractivity contribution in [3.63, 3.8) is 0 Å². The third kappa shape index (κ3) is 2.66. The lowest BCUT2D eigenvalue weighted by Gasteiger charge is -2.15. The molecule has 1 aromatic carbocycles. The molecule has 1 saturated heterocycles. The second-order valence-electron chi connectivity index (χ2n) is 4.50. The van der Waals surface area contributed by atoms with Crippen LogP contribution in [0.1, 0.15) is 15.9 Å². The average molecular weight is 254 g/mol. The number of hydrogen-bond donors (Lipinski definition) is 3. The number of β-amino-alcohol motifs (C(OH)–C–C–N with tert-alkyl or cyclic N) is 2. The Morgan fingerprint density at radius 3 is 2.56 bits per heavy atom. The lowest BCUT2D eigenvalue weighted by Crippen LogP contribution is -2.22. The van der Waals surface area contributed by atoms with Crippen molar-refractivity contribution >= 4 is 5.91 Å². The smallest absolute Gasteiger partial charge is 0.248 e. The van der Waals surface area contributed by atoms with Crippen LogP contribution in [-0.4, -0.2) is 46.3 Å². The van der Waals surface area contributed by atoms with Crippen molar-refractivity contribution in [1.82, 2.24) is 4.90 Å². The molecule has 6 heteroatoms. The van der Waals surface area contributed by atoms with Crippen LogP contribution < -0.4 is 5.73 Å². The quantitative estimate of drug-likeness (QED) is 0.676. The van der Waals surface area contributed by atoms with Crippen molar-refractivity contribution in [2.75, 3.05) is 13.1 Å². The first kappa shape index (κ1) is 12.9. The number of hydrogen-bond acceptors (Lipinski definition) is 4. The number of carbonyl (C=O) groups is 1. The number of nitrogens with zero attached hydrogens (tertiary/aromatic N) is 1. The Kier molecular flexibility index (Phi) is 3.60. The van der Waals surface area contributed by atoms with Gasteiger partial charge in [0.25, 0.3) is 0 Å². The van der Waals surface area contributed by atoms with E-state index in [9.17, 15) is 19.4 Å². The maximum atomic E-state index is 13.6. The van der Waals surface area contributed by atoms with Gasteiger partial charge in [-0.25, -0.2) is 4.39 Å². The van der Waals surface area contributed by atoms with E-state index in [0.717, 1.165) is 0 Å². The fraction of sp³-hybridized carbons (Fsp3) is 0.417. The molecule has 2 rings (SSSR count). The molecule has 1 aromatic rings. The molecule has 0 spiro atoms. The molecule has 4 N–H and O–H groups in total. The van der Waals surface area contributed by atoms with Gasteiger partial charge in [-0.05, 0) is 18.2 Å². The molecular weight excluding hydrogens is 239 g/mol. The fourth-order valence-electron chi connectivity index (χ4n) is 2.07. The number of likely N-dealkylation sites (tertiary alicyclic amines) is 1. The van der Waals surface area contributed by atoms with Gasteiger partial charge in [0.05, 0.1) is 12.2 Å². The lowest BCUT2D eigenvalue weighted by molar-refractivity contribution is 0.0572. The Morgan fingerprint density at radius 2 is 2.00 bits per heavy atom. The molecule has 5 nitrogen and oxygen atoms in total. The fourth-order valence-corrected chi connectivity index (χ4v) is 2.07. The summed E-state index contributed by atoms with van der Waals surface area (Å²) in [4.78, 5) is 12.7. The molecule has 1 aliphatic rings. The van der Waals surface area contributed by atoms with E-state index in [-0.39, 0.29) is 25.2 Å². The SMILES string of the molecule is NC(=O)c1ccc(F)c(CN2C[C@@H](O)[C@@H](O)C2)c1. The van der Waals surface area contributed by atoms with E-state index in [4.69, 9.17) is 5.73 Å². The van der Waals surface area contributed by atoms with Crippen LogP contribution >= 0.6 is 0 Å². The summed E-state index contributed by atoms with van der Waals surface area (Å²) < 4.78 is 13.6. The van der Waals surface area contributed by atoms with Crippen molar-refractivity contribution in [3.8, 4) is 0 Å². The van der Waals surface area contributed by atoms with Crippen LogP contribution in [0.15, 0.2) is 18.2 Å². The minimum atomic E-state index is -0.813. The highest BCUT2D eigenvalue weighted by Gasteiger charge is 2.29. The van der Waals surface area contributed by atoms with E-state index < -0.39 is 23.9 Å². The summed E-state index contributed by atoms with van der Waals surface area (Å²) in [6, 6.07) is 3.92. The highest BCUT2D eigenvalue weighted by atomic mass is 19.1. The van der Waals surface area contributed by atoms with Gasteiger partial charge < -0.3 is 15.9 Å². The molecule has 1 heterocycles. The molecule has 0 aliphatic carbocycles. The third-order valence-electron chi connectivity index (χ3n) is 3.06. The molecule has 18 heavy (non-hydrogen) atoms. The van der Waals surface area contributed by atoms with E-state index in [1.54, 1.807) is 4.90 Å². The number of carbonyl (C=O) groups excluding carboxylic acids is 1. The highest BCUT2D eigenvalue weighted by Crippen LogP contribution is 2.17. The molecule has 0 bridgehead atoms. The van der Waals surface area contributed by atoms with Gasteiger partial charge >= 0.3 is 0 Å². The van der Waals surface area contributed by atoms with Gasteiger partial charge in [0, 0.05) is 30.8 Å². The van der Waals surface area contributed by atoms with Crippen molar-refractivity contribution in [1.29, 1.82) is 0 Å². The maximum absolute atomic E-state index is 13.6. The minimum absolute atomic E-state index is 0.223. The predicted molar refractivity (Wildman–Crippen MR) is 62.2 cm³/mol. The molecule has 0 radical (unpaired) electrons. The summed E-state index contributed by atoms with van der Waals surface area (Å²) in [5, 5.41) is 18.8. The molecule has 0 aromatic heterocycles. The first-order valence-corrected chi connectivity index (χ1v) is 5.64. The zero-order valence-corrected chi connectivity index (χ0v) is 9.71. The van der Waals surface area contributed by atoms with Crippen molar-refractivity contribution in [3.05, 3.63) is 35.1 Å². The Labute approximate surface area is 104 Å². The summed E-state index contributed by atoms with van der Waals surface area (Å²) in [5.74, 6) is -1.05. The zero-order chi connectivity index (χ0) is 13.3. The van der Waals surface area contributed by atoms with Crippen LogP contribution in [0.25, 0.3) is 0 Å². The van der Waals surface area contributed by atoms with Crippen molar-refractivity contribution in [2.24, 2.45) is 5.73 Å². The lowest BCUT2D eigenvalue weighted by atomic mass is 10.1. The number of amides is 1. The number of aliphatic hydroxyl groups is 2. The van der Waals surface area contributed by atoms with E-state index in [1.165, 1.54) is 18.2 Å². The van der Waals surface area contributed by atoms with Gasteiger partial charge in [0.15, 0.2) is 0 Å². The average Bonchev–Trinajstić information content (AvgIpc) is 2.61. The number of primary amides is 1. The van der Waals surface area contributed by atoms with E-state index >= 15 is 0 Å². The normalized spacial score (nSPS) is 24.4. The second kappa shape index (κ2) is 5.01. The molecule has 1 amide bonds. The number of benzene rings is 1. The van der Waals surface area contributed by atoms with Gasteiger partial charge in [-0.3, -0.25) is 9.69 Å². The highest BCUT2D eigenvalue weighted by molar-refractivity contribution is 5.92. The molecule has 0 unspecified atom stereocenters. The molecular formula is C12H15FN2O3. The maximum Gasteiger partial charge on any atom is 0.248 e. The van der Waals surface area contributed by atoms with Gasteiger partial charge in [-0.2, -0.15) is 0 Å². The van der Waals surface area contributed by atoms with E-state index in [2.05, 4.69) is 0 Å². The van der Waals surface area contributed by atoms with Crippen molar-refractivity contribution < 1.29 is 19.4 Å². The third-order valence-corrected chi connectivity index (χ3v) is 3.06. The van der Waals surface area contributed by atoms with Crippen molar-refractivity contribution in [2.45, 2.75) is 18.8 Å². The second-order valence-corrected chi connectivity index (χ2v) is 4.50. The Hall–Kier alpha value is -1.50. The van der Waals surface area contributed by atoms with Gasteiger partial charge in [-0.15, -0.1) is 0 Å². The molecule has 1 aliphatic heterocycles.